The smallest absolute Gasteiger partial charge is 0.435 e. The summed E-state index contributed by atoms with van der Waals surface area (Å²) in [5, 5.41) is 12.9. The number of hydrogen-bond donors (Lipinski definition) is 1. The molecule has 23 heavy (non-hydrogen) atoms. The third kappa shape index (κ3) is 2.71. The molecule has 1 aromatic carbocycles. The lowest BCUT2D eigenvalue weighted by atomic mass is 9.87. The number of aromatic nitrogens is 2. The highest BCUT2D eigenvalue weighted by Crippen LogP contribution is 2.40. The van der Waals surface area contributed by atoms with Gasteiger partial charge in [0, 0.05) is 5.56 Å². The summed E-state index contributed by atoms with van der Waals surface area (Å²) in [6, 6.07) is 5.82. The molecular weight excluding hydrogens is 309 g/mol. The van der Waals surface area contributed by atoms with E-state index in [1.807, 2.05) is 6.92 Å². The van der Waals surface area contributed by atoms with Gasteiger partial charge in [0.25, 0.3) is 0 Å². The van der Waals surface area contributed by atoms with E-state index < -0.39 is 17.8 Å². The lowest BCUT2D eigenvalue weighted by Crippen LogP contribution is -2.13. The van der Waals surface area contributed by atoms with E-state index in [2.05, 4.69) is 5.10 Å². The average Bonchev–Trinajstić information content (AvgIpc) is 2.88. The first-order valence-corrected chi connectivity index (χ1v) is 7.31. The van der Waals surface area contributed by atoms with Gasteiger partial charge in [0.1, 0.15) is 0 Å². The molecule has 3 rings (SSSR count). The van der Waals surface area contributed by atoms with Crippen molar-refractivity contribution in [2.75, 3.05) is 0 Å². The van der Waals surface area contributed by atoms with Crippen LogP contribution >= 0.6 is 0 Å². The largest absolute Gasteiger partial charge is 0.478 e. The van der Waals surface area contributed by atoms with Crippen LogP contribution in [0, 0.1) is 0 Å². The summed E-state index contributed by atoms with van der Waals surface area (Å²) in [5.74, 6) is -1.19. The number of benzene rings is 1. The molecule has 1 aromatic heterocycles. The molecule has 1 aliphatic carbocycles. The Labute approximate surface area is 130 Å². The fourth-order valence-electron chi connectivity index (χ4n) is 3.13. The zero-order valence-electron chi connectivity index (χ0n) is 12.4. The number of fused-ring (bicyclic) bond motifs is 1. The van der Waals surface area contributed by atoms with Gasteiger partial charge in [0.05, 0.1) is 16.9 Å². The predicted molar refractivity (Wildman–Crippen MR) is 76.9 cm³/mol. The second-order valence-electron chi connectivity index (χ2n) is 5.77. The topological polar surface area (TPSA) is 55.1 Å². The minimum Gasteiger partial charge on any atom is -0.478 e. The standard InChI is InChI=1S/C16H15F3N2O2/c1-9-4-2-7-12-13(9)21(20-14(12)16(17,18)19)11-6-3-5-10(8-11)15(22)23/h3,5-6,8-9H,2,4,7H2,1H3,(H,22,23). The van der Waals surface area contributed by atoms with Crippen molar-refractivity contribution in [3.63, 3.8) is 0 Å². The maximum atomic E-state index is 13.3. The molecule has 4 nitrogen and oxygen atoms in total. The zero-order chi connectivity index (χ0) is 16.8. The maximum Gasteiger partial charge on any atom is 0.435 e. The first-order chi connectivity index (χ1) is 10.8. The van der Waals surface area contributed by atoms with E-state index in [4.69, 9.17) is 5.11 Å². The SMILES string of the molecule is CC1CCCc2c(C(F)(F)F)nn(-c3cccc(C(=O)O)c3)c21. The lowest BCUT2D eigenvalue weighted by molar-refractivity contribution is -0.142. The van der Waals surface area contributed by atoms with Crippen LogP contribution in [0.5, 0.6) is 0 Å². The third-order valence-corrected chi connectivity index (χ3v) is 4.16. The third-order valence-electron chi connectivity index (χ3n) is 4.16. The molecule has 122 valence electrons. The Bertz CT molecular complexity index is 765. The van der Waals surface area contributed by atoms with Gasteiger partial charge in [-0.25, -0.2) is 9.48 Å². The van der Waals surface area contributed by atoms with Crippen molar-refractivity contribution in [3.05, 3.63) is 46.8 Å². The van der Waals surface area contributed by atoms with Gasteiger partial charge in [-0.1, -0.05) is 13.0 Å². The fourth-order valence-corrected chi connectivity index (χ4v) is 3.13. The summed E-state index contributed by atoms with van der Waals surface area (Å²) in [7, 11) is 0. The molecule has 1 N–H and O–H groups in total. The Morgan fingerprint density at radius 2 is 2.13 bits per heavy atom. The van der Waals surface area contributed by atoms with Gasteiger partial charge in [-0.05, 0) is 43.4 Å². The summed E-state index contributed by atoms with van der Waals surface area (Å²) in [6.07, 6.45) is -2.70. The van der Waals surface area contributed by atoms with Gasteiger partial charge in [0.15, 0.2) is 5.69 Å². The van der Waals surface area contributed by atoms with Crippen LogP contribution in [0.2, 0.25) is 0 Å². The normalized spacial score (nSPS) is 17.8. The zero-order valence-corrected chi connectivity index (χ0v) is 12.4. The lowest BCUT2D eigenvalue weighted by Gasteiger charge is -2.21. The molecule has 1 atom stereocenters. The van der Waals surface area contributed by atoms with Gasteiger partial charge < -0.3 is 5.11 Å². The minimum absolute atomic E-state index is 0.0174. The number of rotatable bonds is 2. The van der Waals surface area contributed by atoms with Crippen molar-refractivity contribution >= 4 is 5.97 Å². The van der Waals surface area contributed by atoms with Crippen molar-refractivity contribution in [1.29, 1.82) is 0 Å². The second-order valence-corrected chi connectivity index (χ2v) is 5.77. The van der Waals surface area contributed by atoms with E-state index in [1.165, 1.54) is 22.9 Å². The molecule has 7 heteroatoms. The number of alkyl halides is 3. The van der Waals surface area contributed by atoms with Crippen molar-refractivity contribution in [2.45, 2.75) is 38.3 Å². The molecule has 0 saturated carbocycles. The highest BCUT2D eigenvalue weighted by molar-refractivity contribution is 5.88. The van der Waals surface area contributed by atoms with E-state index >= 15 is 0 Å². The molecule has 1 heterocycles. The van der Waals surface area contributed by atoms with Crippen molar-refractivity contribution in [2.24, 2.45) is 0 Å². The molecular formula is C16H15F3N2O2. The van der Waals surface area contributed by atoms with Crippen molar-refractivity contribution in [1.82, 2.24) is 9.78 Å². The summed E-state index contributed by atoms with van der Waals surface area (Å²) in [6.45, 7) is 1.87. The van der Waals surface area contributed by atoms with Crippen LogP contribution in [-0.2, 0) is 12.6 Å². The van der Waals surface area contributed by atoms with Crippen LogP contribution < -0.4 is 0 Å². The molecule has 0 aliphatic heterocycles. The first-order valence-electron chi connectivity index (χ1n) is 7.31. The van der Waals surface area contributed by atoms with Gasteiger partial charge in [0.2, 0.25) is 0 Å². The van der Waals surface area contributed by atoms with Crippen LogP contribution in [0.15, 0.2) is 24.3 Å². The number of carboxylic acid groups (broad SMARTS) is 1. The van der Waals surface area contributed by atoms with Crippen molar-refractivity contribution < 1.29 is 23.1 Å². The maximum absolute atomic E-state index is 13.3. The number of hydrogen-bond acceptors (Lipinski definition) is 2. The number of halogens is 3. The Hall–Kier alpha value is -2.31. The number of carbonyl (C=O) groups is 1. The van der Waals surface area contributed by atoms with Crippen LogP contribution in [0.1, 0.15) is 53.0 Å². The molecule has 0 bridgehead atoms. The number of aromatic carboxylic acids is 1. The Kier molecular flexibility index (Phi) is 3.66. The summed E-state index contributed by atoms with van der Waals surface area (Å²) in [5.41, 5.74) is 0.261. The molecule has 0 amide bonds. The van der Waals surface area contributed by atoms with Crippen LogP contribution in [0.3, 0.4) is 0 Å². The fraction of sp³-hybridized carbons (Fsp3) is 0.375. The summed E-state index contributed by atoms with van der Waals surface area (Å²) >= 11 is 0. The van der Waals surface area contributed by atoms with E-state index in [0.29, 0.717) is 24.2 Å². The first kappa shape index (κ1) is 15.6. The molecule has 0 spiro atoms. The average molecular weight is 324 g/mol. The van der Waals surface area contributed by atoms with Crippen LogP contribution in [-0.4, -0.2) is 20.9 Å². The van der Waals surface area contributed by atoms with Gasteiger partial charge in [-0.3, -0.25) is 0 Å². The van der Waals surface area contributed by atoms with Gasteiger partial charge in [-0.15, -0.1) is 0 Å². The van der Waals surface area contributed by atoms with Crippen LogP contribution in [0.4, 0.5) is 13.2 Å². The van der Waals surface area contributed by atoms with Crippen LogP contribution in [0.25, 0.3) is 5.69 Å². The predicted octanol–water partition coefficient (Wildman–Crippen LogP) is 4.03. The second kappa shape index (κ2) is 5.40. The highest BCUT2D eigenvalue weighted by Gasteiger charge is 2.41. The van der Waals surface area contributed by atoms with E-state index in [1.54, 1.807) is 6.07 Å². The van der Waals surface area contributed by atoms with Gasteiger partial charge >= 0.3 is 12.1 Å². The molecule has 0 fully saturated rings. The highest BCUT2D eigenvalue weighted by atomic mass is 19.4. The molecule has 1 aliphatic rings. The van der Waals surface area contributed by atoms with Gasteiger partial charge in [-0.2, -0.15) is 18.3 Å². The molecule has 0 radical (unpaired) electrons. The van der Waals surface area contributed by atoms with E-state index in [-0.39, 0.29) is 17.0 Å². The van der Waals surface area contributed by atoms with E-state index in [0.717, 1.165) is 6.42 Å². The summed E-state index contributed by atoms with van der Waals surface area (Å²) in [4.78, 5) is 11.1. The molecule has 2 aromatic rings. The Morgan fingerprint density at radius 1 is 1.39 bits per heavy atom. The Balaban J connectivity index is 2.22. The number of carboxylic acids is 1. The van der Waals surface area contributed by atoms with E-state index in [9.17, 15) is 18.0 Å². The quantitative estimate of drug-likeness (QED) is 0.907. The number of nitrogens with zero attached hydrogens (tertiary/aromatic N) is 2. The van der Waals surface area contributed by atoms with Crippen molar-refractivity contribution in [3.8, 4) is 5.69 Å². The monoisotopic (exact) mass is 324 g/mol. The minimum atomic E-state index is -4.52. The molecule has 0 saturated heterocycles. The summed E-state index contributed by atoms with van der Waals surface area (Å²) < 4.78 is 41.1. The molecule has 1 unspecified atom stereocenters. The Morgan fingerprint density at radius 3 is 2.78 bits per heavy atom.